The lowest BCUT2D eigenvalue weighted by molar-refractivity contribution is -0.141. The van der Waals surface area contributed by atoms with Crippen LogP contribution in [0.4, 0.5) is 27.6 Å². The fraction of sp³-hybridized carbons (Fsp3) is 0.227. The number of aromatic nitrogens is 2. The van der Waals surface area contributed by atoms with E-state index >= 15 is 0 Å². The van der Waals surface area contributed by atoms with Gasteiger partial charge in [0, 0.05) is 29.9 Å². The number of alkyl halides is 6. The highest BCUT2D eigenvalue weighted by Crippen LogP contribution is 2.33. The van der Waals surface area contributed by atoms with Gasteiger partial charge < -0.3 is 9.64 Å². The molecule has 0 spiro atoms. The van der Waals surface area contributed by atoms with Gasteiger partial charge in [0.05, 0.1) is 10.9 Å². The number of thioether (sulfide) groups is 1. The molecule has 0 bridgehead atoms. The molecule has 0 saturated carbocycles. The molecule has 34 heavy (non-hydrogen) atoms. The van der Waals surface area contributed by atoms with Crippen LogP contribution in [0, 0.1) is 0 Å². The largest absolute Gasteiger partial charge is 0.487 e. The van der Waals surface area contributed by atoms with Crippen molar-refractivity contribution >= 4 is 35.0 Å². The number of amides is 1. The third kappa shape index (κ3) is 6.80. The molecule has 1 atom stereocenters. The van der Waals surface area contributed by atoms with Crippen LogP contribution in [0.3, 0.4) is 0 Å². The number of hydrogen-bond donors (Lipinski definition) is 0. The molecule has 3 rings (SSSR count). The average molecular weight is 518 g/mol. The number of nitrogens with zero attached hydrogens (tertiary/aromatic N) is 3. The first kappa shape index (κ1) is 25.7. The molecule has 0 aliphatic carbocycles. The van der Waals surface area contributed by atoms with E-state index in [0.717, 1.165) is 17.8 Å². The summed E-state index contributed by atoms with van der Waals surface area (Å²) in [6.07, 6.45) is -4.70. The van der Waals surface area contributed by atoms with Crippen molar-refractivity contribution < 1.29 is 31.5 Å². The Hall–Kier alpha value is -2.92. The van der Waals surface area contributed by atoms with Crippen LogP contribution in [0.2, 0.25) is 0 Å². The van der Waals surface area contributed by atoms with Crippen molar-refractivity contribution in [2.24, 2.45) is 0 Å². The Morgan fingerprint density at radius 2 is 1.65 bits per heavy atom. The average Bonchev–Trinajstić information content (AvgIpc) is 2.77. The summed E-state index contributed by atoms with van der Waals surface area (Å²) in [4.78, 5) is 21.9. The van der Waals surface area contributed by atoms with E-state index in [1.165, 1.54) is 43.1 Å². The molecule has 2 aromatic carbocycles. The first-order valence-electron chi connectivity index (χ1n) is 9.65. The molecule has 180 valence electrons. The highest BCUT2D eigenvalue weighted by atomic mass is 35.5. The molecule has 0 aliphatic rings. The van der Waals surface area contributed by atoms with E-state index in [2.05, 4.69) is 14.7 Å². The number of anilines is 1. The second-order valence-electron chi connectivity index (χ2n) is 6.98. The van der Waals surface area contributed by atoms with Crippen molar-refractivity contribution in [1.29, 1.82) is 0 Å². The van der Waals surface area contributed by atoms with Crippen LogP contribution < -0.4 is 9.64 Å². The Morgan fingerprint density at radius 1 is 1.03 bits per heavy atom. The molecule has 0 radical (unpaired) electrons. The van der Waals surface area contributed by atoms with Gasteiger partial charge in [-0.15, -0.1) is 8.78 Å². The predicted octanol–water partition coefficient (Wildman–Crippen LogP) is 6.47. The monoisotopic (exact) mass is 517 g/mol. The Morgan fingerprint density at radius 3 is 2.21 bits per heavy atom. The van der Waals surface area contributed by atoms with Crippen LogP contribution in [0.25, 0.3) is 11.3 Å². The first-order chi connectivity index (χ1) is 15.8. The third-order valence-electron chi connectivity index (χ3n) is 4.48. The van der Waals surface area contributed by atoms with E-state index in [1.54, 1.807) is 30.3 Å². The summed E-state index contributed by atoms with van der Waals surface area (Å²) in [5.74, 6) is -0.679. The molecule has 0 aliphatic heterocycles. The van der Waals surface area contributed by atoms with Gasteiger partial charge in [-0.2, -0.15) is 13.2 Å². The van der Waals surface area contributed by atoms with E-state index in [4.69, 9.17) is 11.6 Å². The van der Waals surface area contributed by atoms with Gasteiger partial charge in [-0.05, 0) is 37.3 Å². The minimum atomic E-state index is -4.70. The molecule has 3 aromatic rings. The highest BCUT2D eigenvalue weighted by Gasteiger charge is 2.34. The predicted molar refractivity (Wildman–Crippen MR) is 119 cm³/mol. The molecule has 0 saturated heterocycles. The third-order valence-corrected chi connectivity index (χ3v) is 5.51. The maximum Gasteiger partial charge on any atom is 0.487 e. The van der Waals surface area contributed by atoms with Crippen molar-refractivity contribution in [3.63, 3.8) is 0 Å². The van der Waals surface area contributed by atoms with E-state index in [-0.39, 0.29) is 16.6 Å². The highest BCUT2D eigenvalue weighted by molar-refractivity contribution is 8.00. The van der Waals surface area contributed by atoms with E-state index < -0.39 is 28.6 Å². The number of halogens is 6. The van der Waals surface area contributed by atoms with E-state index in [1.807, 2.05) is 0 Å². The van der Waals surface area contributed by atoms with E-state index in [0.29, 0.717) is 11.3 Å². The normalized spacial score (nSPS) is 12.8. The summed E-state index contributed by atoms with van der Waals surface area (Å²) in [6.45, 7) is 1.50. The van der Waals surface area contributed by atoms with Crippen LogP contribution in [0.5, 0.6) is 5.75 Å². The summed E-state index contributed by atoms with van der Waals surface area (Å²) in [5, 5.41) is -1.07. The maximum atomic E-state index is 13.4. The number of ether oxygens (including phenoxy) is 1. The number of rotatable bonds is 7. The summed E-state index contributed by atoms with van der Waals surface area (Å²) in [6, 6.07) is 14.3. The minimum absolute atomic E-state index is 0.0742. The van der Waals surface area contributed by atoms with Crippen LogP contribution in [-0.4, -0.2) is 33.7 Å². The summed E-state index contributed by atoms with van der Waals surface area (Å²) in [7, 11) is 1.44. The lowest BCUT2D eigenvalue weighted by Crippen LogP contribution is -2.33. The van der Waals surface area contributed by atoms with Crippen molar-refractivity contribution in [2.75, 3.05) is 11.9 Å². The van der Waals surface area contributed by atoms with Gasteiger partial charge >= 0.3 is 11.7 Å². The van der Waals surface area contributed by atoms with Crippen LogP contribution in [0.1, 0.15) is 12.6 Å². The number of carbonyl (C=O) groups excluding carboxylic acids is 1. The van der Waals surface area contributed by atoms with Gasteiger partial charge in [0.25, 0.3) is 0 Å². The first-order valence-corrected chi connectivity index (χ1v) is 10.9. The van der Waals surface area contributed by atoms with Gasteiger partial charge in [-0.1, -0.05) is 42.1 Å². The molecule has 1 aromatic heterocycles. The van der Waals surface area contributed by atoms with Gasteiger partial charge in [-0.3, -0.25) is 4.79 Å². The lowest BCUT2D eigenvalue weighted by Gasteiger charge is -2.21. The van der Waals surface area contributed by atoms with Crippen LogP contribution in [0.15, 0.2) is 65.8 Å². The molecular formula is C22H17ClF5N3O2S. The molecule has 0 unspecified atom stereocenters. The molecule has 12 heteroatoms. The second-order valence-corrected chi connectivity index (χ2v) is 8.73. The molecule has 0 N–H and O–H groups in total. The number of hydrogen-bond acceptors (Lipinski definition) is 5. The van der Waals surface area contributed by atoms with Gasteiger partial charge in [0.15, 0.2) is 5.16 Å². The Kier molecular flexibility index (Phi) is 7.67. The molecule has 1 amide bonds. The fourth-order valence-corrected chi connectivity index (χ4v) is 3.83. The van der Waals surface area contributed by atoms with Crippen molar-refractivity contribution in [2.45, 2.75) is 29.1 Å². The zero-order valence-corrected chi connectivity index (χ0v) is 19.3. The zero-order chi connectivity index (χ0) is 25.1. The van der Waals surface area contributed by atoms with Crippen molar-refractivity contribution in [3.8, 4) is 17.0 Å². The topological polar surface area (TPSA) is 55.3 Å². The van der Waals surface area contributed by atoms with Gasteiger partial charge in [0.1, 0.15) is 11.4 Å². The van der Waals surface area contributed by atoms with Crippen LogP contribution >= 0.6 is 23.4 Å². The molecule has 1 heterocycles. The maximum absolute atomic E-state index is 13.4. The summed E-state index contributed by atoms with van der Waals surface area (Å²) < 4.78 is 69.9. The molecule has 5 nitrogen and oxygen atoms in total. The smallest absolute Gasteiger partial charge is 0.420 e. The molecule has 0 fully saturated rings. The fourth-order valence-electron chi connectivity index (χ4n) is 2.86. The van der Waals surface area contributed by atoms with Gasteiger partial charge in [0.2, 0.25) is 5.91 Å². The summed E-state index contributed by atoms with van der Waals surface area (Å²) in [5.41, 5.74) is -4.11. The standard InChI is InChI=1S/C22H17ClF5N3O2S/c1-13(19(32)31(2)15-8-10-16(11-9-15)33-22(23,27)28)34-20-29-17(14-6-4-3-5-7-14)12-18(30-20)21(24,25)26/h3-13H,1-2H3/t13-/m0/s1. The SMILES string of the molecule is C[C@H](Sc1nc(-c2ccccc2)cc(C(F)(F)F)n1)C(=O)N(C)c1ccc(OC(F)(F)Cl)cc1. The number of carbonyl (C=O) groups is 1. The zero-order valence-electron chi connectivity index (χ0n) is 17.7. The Bertz CT molecular complexity index is 1140. The summed E-state index contributed by atoms with van der Waals surface area (Å²) >= 11 is 5.49. The quantitative estimate of drug-likeness (QED) is 0.155. The second kappa shape index (κ2) is 10.1. The van der Waals surface area contributed by atoms with Gasteiger partial charge in [-0.25, -0.2) is 9.97 Å². The van der Waals surface area contributed by atoms with Crippen LogP contribution in [-0.2, 0) is 11.0 Å². The minimum Gasteiger partial charge on any atom is -0.420 e. The Balaban J connectivity index is 1.80. The van der Waals surface area contributed by atoms with E-state index in [9.17, 15) is 26.7 Å². The van der Waals surface area contributed by atoms with Crippen molar-refractivity contribution in [3.05, 3.63) is 66.4 Å². The number of benzene rings is 2. The Labute approximate surface area is 200 Å². The van der Waals surface area contributed by atoms with Crippen molar-refractivity contribution in [1.82, 2.24) is 9.97 Å². The molecular weight excluding hydrogens is 501 g/mol. The lowest BCUT2D eigenvalue weighted by atomic mass is 10.1.